The van der Waals surface area contributed by atoms with Crippen molar-refractivity contribution < 1.29 is 0 Å². The van der Waals surface area contributed by atoms with Crippen molar-refractivity contribution in [1.82, 2.24) is 9.13 Å². The molecule has 0 N–H and O–H groups in total. The monoisotopic (exact) mass is 900 g/mol. The molecule has 0 fully saturated rings. The van der Waals surface area contributed by atoms with Crippen LogP contribution in [-0.4, -0.2) is 9.13 Å². The third-order valence-corrected chi connectivity index (χ3v) is 16.8. The summed E-state index contributed by atoms with van der Waals surface area (Å²) < 4.78 is 4.70. The highest BCUT2D eigenvalue weighted by atomic mass is 14.9. The first-order chi connectivity index (χ1) is 35.1. The lowest BCUT2D eigenvalue weighted by molar-refractivity contribution is 0.794. The number of aromatic nitrogens is 2. The zero-order chi connectivity index (χ0) is 46.7. The Morgan fingerprint density at radius 3 is 1.31 bits per heavy atom. The van der Waals surface area contributed by atoms with Crippen molar-refractivity contribution in [3.8, 4) is 55.6 Å². The average Bonchev–Trinajstić information content (AvgIpc) is 4.11. The predicted octanol–water partition coefficient (Wildman–Crippen LogP) is 17.8. The van der Waals surface area contributed by atoms with Crippen molar-refractivity contribution in [2.24, 2.45) is 14.1 Å². The summed E-state index contributed by atoms with van der Waals surface area (Å²) in [5.41, 5.74) is 22.6. The number of hydrogen-bond acceptors (Lipinski definition) is 0. The highest BCUT2D eigenvalue weighted by Crippen LogP contribution is 2.65. The van der Waals surface area contributed by atoms with Gasteiger partial charge in [-0.3, -0.25) is 0 Å². The zero-order valence-electron chi connectivity index (χ0n) is 39.3. The van der Waals surface area contributed by atoms with E-state index in [1.165, 1.54) is 154 Å². The van der Waals surface area contributed by atoms with Gasteiger partial charge in [-0.1, -0.05) is 200 Å². The largest absolute Gasteiger partial charge is 0.344 e. The summed E-state index contributed by atoms with van der Waals surface area (Å²) in [4.78, 5) is 0. The molecule has 12 aromatic carbocycles. The van der Waals surface area contributed by atoms with Gasteiger partial charge in [-0.05, 0) is 141 Å². The number of hydrogen-bond donors (Lipinski definition) is 0. The maximum atomic E-state index is 2.50. The van der Waals surface area contributed by atoms with E-state index in [0.717, 1.165) is 0 Å². The van der Waals surface area contributed by atoms with Crippen LogP contribution in [0.4, 0.5) is 0 Å². The van der Waals surface area contributed by atoms with Gasteiger partial charge in [0.25, 0.3) is 0 Å². The number of benzene rings is 12. The summed E-state index contributed by atoms with van der Waals surface area (Å²) in [7, 11) is 4.40. The summed E-state index contributed by atoms with van der Waals surface area (Å²) >= 11 is 0. The second-order valence-corrected chi connectivity index (χ2v) is 19.9. The van der Waals surface area contributed by atoms with Crippen LogP contribution in [0.25, 0.3) is 132 Å². The van der Waals surface area contributed by atoms with Gasteiger partial charge < -0.3 is 9.13 Å². The van der Waals surface area contributed by atoms with Gasteiger partial charge in [-0.15, -0.1) is 0 Å². The number of aryl methyl sites for hydroxylation is 2. The first kappa shape index (κ1) is 38.9. The van der Waals surface area contributed by atoms with Crippen LogP contribution in [0.15, 0.2) is 231 Å². The summed E-state index contributed by atoms with van der Waals surface area (Å²) in [6.07, 6.45) is 0. The minimum absolute atomic E-state index is 0.489. The summed E-state index contributed by atoms with van der Waals surface area (Å²) in [6, 6.07) is 87.5. The third-order valence-electron chi connectivity index (χ3n) is 16.8. The molecule has 2 nitrogen and oxygen atoms in total. The van der Waals surface area contributed by atoms with Crippen LogP contribution in [0.3, 0.4) is 0 Å². The second kappa shape index (κ2) is 14.1. The SMILES string of the molecule is Cn1c2ccccc2c2ccc(-c3cccc4c(-c5cccc6c5-c5ccccc5C65c6ccccc6-c6c5ccc5ccccc65)c5cccc(-c6ccc7c8ccccc8n(C)c7c6)c5cc34)cc21. The molecule has 0 radical (unpaired) electrons. The van der Waals surface area contributed by atoms with Crippen molar-refractivity contribution in [1.29, 1.82) is 0 Å². The molecule has 0 bridgehead atoms. The van der Waals surface area contributed by atoms with E-state index in [0.29, 0.717) is 0 Å². The first-order valence-corrected chi connectivity index (χ1v) is 24.9. The van der Waals surface area contributed by atoms with Gasteiger partial charge in [0, 0.05) is 57.7 Å². The molecule has 0 aliphatic heterocycles. The van der Waals surface area contributed by atoms with Crippen molar-refractivity contribution in [3.63, 3.8) is 0 Å². The highest BCUT2D eigenvalue weighted by Gasteiger charge is 2.52. The summed E-state index contributed by atoms with van der Waals surface area (Å²) in [6.45, 7) is 0. The summed E-state index contributed by atoms with van der Waals surface area (Å²) in [5, 5.41) is 12.7. The van der Waals surface area contributed by atoms with E-state index >= 15 is 0 Å². The Hall–Kier alpha value is -8.98. The molecule has 1 spiro atoms. The lowest BCUT2D eigenvalue weighted by atomic mass is 9.70. The number of para-hydroxylation sites is 2. The first-order valence-electron chi connectivity index (χ1n) is 24.9. The fourth-order valence-electron chi connectivity index (χ4n) is 13.8. The minimum atomic E-state index is -0.489. The van der Waals surface area contributed by atoms with Gasteiger partial charge in [-0.2, -0.15) is 0 Å². The van der Waals surface area contributed by atoms with E-state index in [1.54, 1.807) is 0 Å². The smallest absolute Gasteiger partial charge is 0.0725 e. The van der Waals surface area contributed by atoms with Gasteiger partial charge in [0.1, 0.15) is 0 Å². The molecule has 71 heavy (non-hydrogen) atoms. The van der Waals surface area contributed by atoms with Crippen molar-refractivity contribution in [2.45, 2.75) is 5.41 Å². The molecule has 14 aromatic rings. The Morgan fingerprint density at radius 2 is 0.690 bits per heavy atom. The molecule has 330 valence electrons. The second-order valence-electron chi connectivity index (χ2n) is 19.9. The van der Waals surface area contributed by atoms with E-state index < -0.39 is 5.41 Å². The van der Waals surface area contributed by atoms with Crippen LogP contribution < -0.4 is 0 Å². The Bertz CT molecular complexity index is 4500. The van der Waals surface area contributed by atoms with Crippen LogP contribution >= 0.6 is 0 Å². The maximum Gasteiger partial charge on any atom is 0.0725 e. The quantitative estimate of drug-likeness (QED) is 0.156. The third kappa shape index (κ3) is 4.96. The molecule has 2 aliphatic rings. The number of fused-ring (bicyclic) bond motifs is 20. The maximum absolute atomic E-state index is 2.50. The Labute approximate surface area is 410 Å². The molecule has 1 atom stereocenters. The van der Waals surface area contributed by atoms with E-state index in [9.17, 15) is 0 Å². The van der Waals surface area contributed by atoms with Gasteiger partial charge in [0.15, 0.2) is 0 Å². The molecule has 16 rings (SSSR count). The van der Waals surface area contributed by atoms with Gasteiger partial charge in [0.2, 0.25) is 0 Å². The lowest BCUT2D eigenvalue weighted by Gasteiger charge is -2.30. The Balaban J connectivity index is 1.02. The van der Waals surface area contributed by atoms with Crippen LogP contribution in [0, 0.1) is 0 Å². The fourth-order valence-corrected chi connectivity index (χ4v) is 13.8. The molecular weight excluding hydrogens is 857 g/mol. The van der Waals surface area contributed by atoms with Crippen LogP contribution in [0.2, 0.25) is 0 Å². The van der Waals surface area contributed by atoms with Gasteiger partial charge in [0.05, 0.1) is 5.41 Å². The molecule has 2 aliphatic carbocycles. The molecule has 1 unspecified atom stereocenters. The Kier molecular flexibility index (Phi) is 7.71. The number of nitrogens with zero attached hydrogens (tertiary/aromatic N) is 2. The van der Waals surface area contributed by atoms with Crippen LogP contribution in [0.5, 0.6) is 0 Å². The minimum Gasteiger partial charge on any atom is -0.344 e. The molecule has 2 heteroatoms. The Morgan fingerprint density at radius 1 is 0.254 bits per heavy atom. The average molecular weight is 901 g/mol. The van der Waals surface area contributed by atoms with Crippen LogP contribution in [-0.2, 0) is 19.5 Å². The van der Waals surface area contributed by atoms with E-state index in [-0.39, 0.29) is 0 Å². The van der Waals surface area contributed by atoms with Crippen LogP contribution in [0.1, 0.15) is 22.3 Å². The summed E-state index contributed by atoms with van der Waals surface area (Å²) in [5.74, 6) is 0. The molecular formula is C69H44N2. The van der Waals surface area contributed by atoms with Crippen molar-refractivity contribution >= 4 is 75.9 Å². The molecule has 2 heterocycles. The standard InChI is InChI=1S/C69H44N2/c1-70-62-30-11-7-18-47(62)49-35-32-42(38-64(49)70)44-22-13-24-51-56(44)40-57-45(43-33-36-50-48-19-8-12-31-63(48)71(2)65(50)39-43)23-14-25-52(57)66(51)55-26-15-29-60-68(55)54-21-6-10-28-59(54)69(60)58-27-9-5-20-53(58)67-46-17-4-3-16-41(46)34-37-61(67)69/h3-40H,1-2H3. The lowest BCUT2D eigenvalue weighted by Crippen LogP contribution is -2.25. The fraction of sp³-hybridized carbons (Fsp3) is 0.0435. The molecule has 0 saturated heterocycles. The van der Waals surface area contributed by atoms with E-state index in [2.05, 4.69) is 254 Å². The topological polar surface area (TPSA) is 9.86 Å². The molecule has 2 aromatic heterocycles. The van der Waals surface area contributed by atoms with E-state index in [1.807, 2.05) is 0 Å². The highest BCUT2D eigenvalue weighted by molar-refractivity contribution is 6.22. The molecule has 0 amide bonds. The van der Waals surface area contributed by atoms with Crippen molar-refractivity contribution in [2.75, 3.05) is 0 Å². The normalized spacial score (nSPS) is 14.7. The van der Waals surface area contributed by atoms with Gasteiger partial charge >= 0.3 is 0 Å². The van der Waals surface area contributed by atoms with Crippen molar-refractivity contribution in [3.05, 3.63) is 253 Å². The predicted molar refractivity (Wildman–Crippen MR) is 300 cm³/mol. The number of rotatable bonds is 3. The zero-order valence-corrected chi connectivity index (χ0v) is 39.3. The van der Waals surface area contributed by atoms with E-state index in [4.69, 9.17) is 0 Å². The molecule has 0 saturated carbocycles. The van der Waals surface area contributed by atoms with Gasteiger partial charge in [-0.25, -0.2) is 0 Å².